The van der Waals surface area contributed by atoms with Crippen molar-refractivity contribution in [2.45, 2.75) is 32.2 Å². The Morgan fingerprint density at radius 2 is 1.62 bits per heavy atom. The molecule has 2 aliphatic rings. The first-order valence-electron chi connectivity index (χ1n) is 8.50. The van der Waals surface area contributed by atoms with Crippen molar-refractivity contribution in [1.29, 1.82) is 0 Å². The van der Waals surface area contributed by atoms with Gasteiger partial charge in [0.05, 0.1) is 0 Å². The summed E-state index contributed by atoms with van der Waals surface area (Å²) >= 11 is 0. The first-order valence-corrected chi connectivity index (χ1v) is 8.50. The Balaban J connectivity index is 1.52. The molecular weight excluding hydrogens is 306 g/mol. The molecule has 6 heteroatoms. The van der Waals surface area contributed by atoms with E-state index in [0.29, 0.717) is 38.0 Å². The van der Waals surface area contributed by atoms with Crippen LogP contribution in [-0.4, -0.2) is 35.7 Å². The van der Waals surface area contributed by atoms with Crippen LogP contribution in [0.4, 0.5) is 0 Å². The lowest BCUT2D eigenvalue weighted by molar-refractivity contribution is -0.123. The van der Waals surface area contributed by atoms with Gasteiger partial charge in [0, 0.05) is 37.0 Å². The summed E-state index contributed by atoms with van der Waals surface area (Å²) in [5.74, 6) is -0.0978. The molecule has 0 radical (unpaired) electrons. The predicted octanol–water partition coefficient (Wildman–Crippen LogP) is 1.05. The molecule has 0 spiro atoms. The maximum absolute atomic E-state index is 12.5. The highest BCUT2D eigenvalue weighted by atomic mass is 16.2. The van der Waals surface area contributed by atoms with Crippen LogP contribution in [0.3, 0.4) is 0 Å². The number of amides is 3. The standard InChI is InChI=1S/C18H23N3O3/c19-16(22)13-7-9-21(10-8-13)18(24)15-3-1-12(2-4-15)11-20-17(23)14-5-6-14/h1-4,13-14H,5-11H2,(H2,19,22)(H,20,23). The van der Waals surface area contributed by atoms with Gasteiger partial charge in [-0.1, -0.05) is 12.1 Å². The van der Waals surface area contributed by atoms with E-state index in [9.17, 15) is 14.4 Å². The van der Waals surface area contributed by atoms with Crippen molar-refractivity contribution in [2.75, 3.05) is 13.1 Å². The summed E-state index contributed by atoms with van der Waals surface area (Å²) in [6.07, 6.45) is 3.25. The van der Waals surface area contributed by atoms with Crippen LogP contribution in [0.1, 0.15) is 41.6 Å². The number of carbonyl (C=O) groups excluding carboxylic acids is 3. The van der Waals surface area contributed by atoms with E-state index in [-0.39, 0.29) is 29.6 Å². The summed E-state index contributed by atoms with van der Waals surface area (Å²) in [5.41, 5.74) is 6.93. The molecule has 0 atom stereocenters. The lowest BCUT2D eigenvalue weighted by Crippen LogP contribution is -2.41. The number of nitrogens with zero attached hydrogens (tertiary/aromatic N) is 1. The average Bonchev–Trinajstić information content (AvgIpc) is 3.45. The topological polar surface area (TPSA) is 92.5 Å². The second-order valence-corrected chi connectivity index (χ2v) is 6.66. The van der Waals surface area contributed by atoms with E-state index in [2.05, 4.69) is 5.32 Å². The molecule has 1 aromatic rings. The molecule has 1 aliphatic heterocycles. The largest absolute Gasteiger partial charge is 0.369 e. The van der Waals surface area contributed by atoms with Crippen LogP contribution in [-0.2, 0) is 16.1 Å². The van der Waals surface area contributed by atoms with Gasteiger partial charge in [-0.25, -0.2) is 0 Å². The molecule has 0 unspecified atom stereocenters. The van der Waals surface area contributed by atoms with Crippen LogP contribution in [0.2, 0.25) is 0 Å². The van der Waals surface area contributed by atoms with Crippen molar-refractivity contribution in [1.82, 2.24) is 10.2 Å². The minimum absolute atomic E-state index is 0.0218. The van der Waals surface area contributed by atoms with Gasteiger partial charge in [0.25, 0.3) is 5.91 Å². The third kappa shape index (κ3) is 3.93. The fourth-order valence-corrected chi connectivity index (χ4v) is 2.99. The van der Waals surface area contributed by atoms with Gasteiger partial charge in [-0.2, -0.15) is 0 Å². The number of hydrogen-bond donors (Lipinski definition) is 2. The molecule has 1 aromatic carbocycles. The van der Waals surface area contributed by atoms with Gasteiger partial charge in [-0.3, -0.25) is 14.4 Å². The molecule has 0 aromatic heterocycles. The molecule has 128 valence electrons. The number of nitrogens with two attached hydrogens (primary N) is 1. The average molecular weight is 329 g/mol. The molecular formula is C18H23N3O3. The molecule has 3 rings (SSSR count). The van der Waals surface area contributed by atoms with Gasteiger partial charge in [0.15, 0.2) is 0 Å². The van der Waals surface area contributed by atoms with Gasteiger partial charge in [-0.05, 0) is 43.4 Å². The van der Waals surface area contributed by atoms with Crippen molar-refractivity contribution in [3.63, 3.8) is 0 Å². The van der Waals surface area contributed by atoms with Crippen LogP contribution in [0.15, 0.2) is 24.3 Å². The number of nitrogens with one attached hydrogen (secondary N) is 1. The van der Waals surface area contributed by atoms with Crippen molar-refractivity contribution in [2.24, 2.45) is 17.6 Å². The Bertz CT molecular complexity index is 629. The van der Waals surface area contributed by atoms with E-state index in [1.165, 1.54) is 0 Å². The maximum Gasteiger partial charge on any atom is 0.253 e. The Kier molecular flexibility index (Phi) is 4.83. The predicted molar refractivity (Wildman–Crippen MR) is 88.8 cm³/mol. The summed E-state index contributed by atoms with van der Waals surface area (Å²) in [6, 6.07) is 7.33. The summed E-state index contributed by atoms with van der Waals surface area (Å²) in [6.45, 7) is 1.62. The number of benzene rings is 1. The van der Waals surface area contributed by atoms with Crippen LogP contribution in [0.25, 0.3) is 0 Å². The smallest absolute Gasteiger partial charge is 0.253 e. The highest BCUT2D eigenvalue weighted by Gasteiger charge is 2.29. The first kappa shape index (κ1) is 16.5. The van der Waals surface area contributed by atoms with E-state index >= 15 is 0 Å². The zero-order chi connectivity index (χ0) is 17.1. The van der Waals surface area contributed by atoms with E-state index in [1.807, 2.05) is 12.1 Å². The molecule has 0 bridgehead atoms. The van der Waals surface area contributed by atoms with Crippen LogP contribution >= 0.6 is 0 Å². The maximum atomic E-state index is 12.5. The van der Waals surface area contributed by atoms with E-state index in [0.717, 1.165) is 18.4 Å². The van der Waals surface area contributed by atoms with Crippen molar-refractivity contribution >= 4 is 17.7 Å². The van der Waals surface area contributed by atoms with Gasteiger partial charge in [0.1, 0.15) is 0 Å². The quantitative estimate of drug-likeness (QED) is 0.845. The monoisotopic (exact) mass is 329 g/mol. The zero-order valence-corrected chi connectivity index (χ0v) is 13.7. The zero-order valence-electron chi connectivity index (χ0n) is 13.7. The third-order valence-electron chi connectivity index (χ3n) is 4.80. The Morgan fingerprint density at radius 1 is 1.00 bits per heavy atom. The number of likely N-dealkylation sites (tertiary alicyclic amines) is 1. The molecule has 1 aliphatic carbocycles. The van der Waals surface area contributed by atoms with E-state index in [1.54, 1.807) is 17.0 Å². The van der Waals surface area contributed by atoms with Gasteiger partial charge < -0.3 is 16.0 Å². The molecule has 1 heterocycles. The number of carbonyl (C=O) groups is 3. The van der Waals surface area contributed by atoms with Gasteiger partial charge >= 0.3 is 0 Å². The number of hydrogen-bond acceptors (Lipinski definition) is 3. The Morgan fingerprint density at radius 3 is 2.17 bits per heavy atom. The molecule has 2 fully saturated rings. The molecule has 3 amide bonds. The first-order chi connectivity index (χ1) is 11.5. The highest BCUT2D eigenvalue weighted by Crippen LogP contribution is 2.28. The lowest BCUT2D eigenvalue weighted by atomic mass is 9.96. The number of piperidine rings is 1. The van der Waals surface area contributed by atoms with Crippen molar-refractivity contribution in [3.05, 3.63) is 35.4 Å². The summed E-state index contributed by atoms with van der Waals surface area (Å²) in [5, 5.41) is 2.91. The normalized spacial score (nSPS) is 18.2. The Labute approximate surface area is 141 Å². The minimum atomic E-state index is -0.278. The fourth-order valence-electron chi connectivity index (χ4n) is 2.99. The summed E-state index contributed by atoms with van der Waals surface area (Å²) in [4.78, 5) is 37.1. The fraction of sp³-hybridized carbons (Fsp3) is 0.500. The van der Waals surface area contributed by atoms with Gasteiger partial charge in [-0.15, -0.1) is 0 Å². The van der Waals surface area contributed by atoms with E-state index < -0.39 is 0 Å². The number of rotatable bonds is 5. The second-order valence-electron chi connectivity index (χ2n) is 6.66. The SMILES string of the molecule is NC(=O)C1CCN(C(=O)c2ccc(CNC(=O)C3CC3)cc2)CC1. The molecule has 3 N–H and O–H groups in total. The third-order valence-corrected chi connectivity index (χ3v) is 4.80. The minimum Gasteiger partial charge on any atom is -0.369 e. The van der Waals surface area contributed by atoms with Gasteiger partial charge in [0.2, 0.25) is 11.8 Å². The number of primary amides is 1. The Hall–Kier alpha value is -2.37. The molecule has 1 saturated carbocycles. The molecule has 1 saturated heterocycles. The molecule has 24 heavy (non-hydrogen) atoms. The second kappa shape index (κ2) is 7.03. The lowest BCUT2D eigenvalue weighted by Gasteiger charge is -2.30. The molecule has 6 nitrogen and oxygen atoms in total. The van der Waals surface area contributed by atoms with Crippen LogP contribution < -0.4 is 11.1 Å². The van der Waals surface area contributed by atoms with Crippen molar-refractivity contribution in [3.8, 4) is 0 Å². The highest BCUT2D eigenvalue weighted by molar-refractivity contribution is 5.94. The summed E-state index contributed by atoms with van der Waals surface area (Å²) in [7, 11) is 0. The van der Waals surface area contributed by atoms with Crippen LogP contribution in [0.5, 0.6) is 0 Å². The van der Waals surface area contributed by atoms with E-state index in [4.69, 9.17) is 5.73 Å². The van der Waals surface area contributed by atoms with Crippen molar-refractivity contribution < 1.29 is 14.4 Å². The van der Waals surface area contributed by atoms with Crippen LogP contribution in [0, 0.1) is 11.8 Å². The summed E-state index contributed by atoms with van der Waals surface area (Å²) < 4.78 is 0.